The standard InChI is InChI=1S/C19H16N2O/c1-13-14-7-5-6-10-17(14)20-21(13)18-11-12-19(22-2)16-9-4-3-8-15(16)18/h3-12H,1-2H3. The summed E-state index contributed by atoms with van der Waals surface area (Å²) in [5.74, 6) is 0.883. The lowest BCUT2D eigenvalue weighted by molar-refractivity contribution is 0.420. The molecule has 0 bridgehead atoms. The molecule has 0 N–H and O–H groups in total. The lowest BCUT2D eigenvalue weighted by atomic mass is 10.1. The zero-order chi connectivity index (χ0) is 15.1. The van der Waals surface area contributed by atoms with Gasteiger partial charge in [0.05, 0.1) is 18.3 Å². The first kappa shape index (κ1) is 12.9. The van der Waals surface area contributed by atoms with Crippen molar-refractivity contribution in [2.75, 3.05) is 7.11 Å². The van der Waals surface area contributed by atoms with Gasteiger partial charge in [-0.2, -0.15) is 5.10 Å². The predicted molar refractivity (Wildman–Crippen MR) is 89.9 cm³/mol. The van der Waals surface area contributed by atoms with E-state index in [9.17, 15) is 0 Å². The highest BCUT2D eigenvalue weighted by molar-refractivity contribution is 5.95. The summed E-state index contributed by atoms with van der Waals surface area (Å²) in [6.07, 6.45) is 0. The van der Waals surface area contributed by atoms with E-state index >= 15 is 0 Å². The molecule has 0 saturated heterocycles. The fraction of sp³-hybridized carbons (Fsp3) is 0.105. The molecule has 0 unspecified atom stereocenters. The number of fused-ring (bicyclic) bond motifs is 2. The van der Waals surface area contributed by atoms with Crippen LogP contribution < -0.4 is 4.74 Å². The summed E-state index contributed by atoms with van der Waals surface area (Å²) in [6.45, 7) is 2.11. The fourth-order valence-corrected chi connectivity index (χ4v) is 3.02. The van der Waals surface area contributed by atoms with E-state index in [1.807, 2.05) is 41.1 Å². The molecule has 4 rings (SSSR count). The van der Waals surface area contributed by atoms with Crippen molar-refractivity contribution in [2.24, 2.45) is 0 Å². The Kier molecular flexibility index (Phi) is 2.86. The molecule has 0 radical (unpaired) electrons. The number of benzene rings is 3. The Morgan fingerprint density at radius 2 is 1.50 bits per heavy atom. The van der Waals surface area contributed by atoms with Crippen molar-refractivity contribution in [1.29, 1.82) is 0 Å². The van der Waals surface area contributed by atoms with Crippen molar-refractivity contribution in [1.82, 2.24) is 9.78 Å². The minimum Gasteiger partial charge on any atom is -0.496 e. The van der Waals surface area contributed by atoms with Crippen LogP contribution in [-0.2, 0) is 0 Å². The van der Waals surface area contributed by atoms with Crippen molar-refractivity contribution < 1.29 is 4.74 Å². The Labute approximate surface area is 128 Å². The SMILES string of the molecule is COc1ccc(-n2nc3ccccc3c2C)c2ccccc12. The van der Waals surface area contributed by atoms with E-state index in [0.717, 1.165) is 33.4 Å². The topological polar surface area (TPSA) is 27.1 Å². The molecule has 0 amide bonds. The number of hydrogen-bond acceptors (Lipinski definition) is 2. The lowest BCUT2D eigenvalue weighted by Gasteiger charge is -2.11. The van der Waals surface area contributed by atoms with Gasteiger partial charge in [0.1, 0.15) is 5.75 Å². The van der Waals surface area contributed by atoms with Gasteiger partial charge in [-0.05, 0) is 25.1 Å². The first-order valence-corrected chi connectivity index (χ1v) is 7.30. The Morgan fingerprint density at radius 3 is 2.23 bits per heavy atom. The number of methoxy groups -OCH3 is 1. The second-order valence-corrected chi connectivity index (χ2v) is 5.35. The van der Waals surface area contributed by atoms with E-state index in [4.69, 9.17) is 9.84 Å². The van der Waals surface area contributed by atoms with Crippen LogP contribution in [0.25, 0.3) is 27.4 Å². The minimum atomic E-state index is 0.883. The molecule has 4 aromatic rings. The highest BCUT2D eigenvalue weighted by Gasteiger charge is 2.12. The summed E-state index contributed by atoms with van der Waals surface area (Å²) in [5, 5.41) is 8.18. The molecule has 108 valence electrons. The zero-order valence-electron chi connectivity index (χ0n) is 12.6. The molecule has 22 heavy (non-hydrogen) atoms. The van der Waals surface area contributed by atoms with Crippen molar-refractivity contribution in [2.45, 2.75) is 6.92 Å². The molecule has 1 aromatic heterocycles. The Balaban J connectivity index is 2.07. The average Bonchev–Trinajstić information content (AvgIpc) is 2.91. The third kappa shape index (κ3) is 1.79. The van der Waals surface area contributed by atoms with Crippen LogP contribution in [0.5, 0.6) is 5.75 Å². The molecule has 3 aromatic carbocycles. The van der Waals surface area contributed by atoms with E-state index in [1.54, 1.807) is 7.11 Å². The summed E-state index contributed by atoms with van der Waals surface area (Å²) in [7, 11) is 1.70. The number of aromatic nitrogens is 2. The second-order valence-electron chi connectivity index (χ2n) is 5.35. The van der Waals surface area contributed by atoms with Crippen LogP contribution in [0.15, 0.2) is 60.7 Å². The highest BCUT2D eigenvalue weighted by atomic mass is 16.5. The van der Waals surface area contributed by atoms with E-state index < -0.39 is 0 Å². The quantitative estimate of drug-likeness (QED) is 0.543. The van der Waals surface area contributed by atoms with E-state index in [1.165, 1.54) is 5.39 Å². The largest absolute Gasteiger partial charge is 0.496 e. The number of nitrogens with zero attached hydrogens (tertiary/aromatic N) is 2. The van der Waals surface area contributed by atoms with E-state index in [0.29, 0.717) is 0 Å². The molecular weight excluding hydrogens is 272 g/mol. The summed E-state index contributed by atoms with van der Waals surface area (Å²) in [6, 6.07) is 20.6. The maximum Gasteiger partial charge on any atom is 0.126 e. The van der Waals surface area contributed by atoms with Crippen molar-refractivity contribution in [3.05, 3.63) is 66.4 Å². The molecule has 0 aliphatic rings. The molecule has 0 fully saturated rings. The number of ether oxygens (including phenoxy) is 1. The maximum atomic E-state index is 5.48. The van der Waals surface area contributed by atoms with E-state index in [2.05, 4.69) is 31.2 Å². The molecular formula is C19H16N2O. The monoisotopic (exact) mass is 288 g/mol. The summed E-state index contributed by atoms with van der Waals surface area (Å²) in [5.41, 5.74) is 3.23. The van der Waals surface area contributed by atoms with Gasteiger partial charge in [0, 0.05) is 21.9 Å². The smallest absolute Gasteiger partial charge is 0.126 e. The van der Waals surface area contributed by atoms with Crippen molar-refractivity contribution in [3.63, 3.8) is 0 Å². The van der Waals surface area contributed by atoms with Gasteiger partial charge in [-0.1, -0.05) is 42.5 Å². The van der Waals surface area contributed by atoms with Gasteiger partial charge < -0.3 is 4.74 Å². The Morgan fingerprint density at radius 1 is 0.818 bits per heavy atom. The molecule has 3 nitrogen and oxygen atoms in total. The number of rotatable bonds is 2. The molecule has 0 spiro atoms. The highest BCUT2D eigenvalue weighted by Crippen LogP contribution is 2.32. The lowest BCUT2D eigenvalue weighted by Crippen LogP contribution is -2.00. The van der Waals surface area contributed by atoms with Gasteiger partial charge in [-0.25, -0.2) is 4.68 Å². The first-order chi connectivity index (χ1) is 10.8. The van der Waals surface area contributed by atoms with Gasteiger partial charge in [0.15, 0.2) is 0 Å². The van der Waals surface area contributed by atoms with Crippen LogP contribution in [0.2, 0.25) is 0 Å². The zero-order valence-corrected chi connectivity index (χ0v) is 12.6. The van der Waals surface area contributed by atoms with Crippen LogP contribution in [0.3, 0.4) is 0 Å². The molecule has 0 atom stereocenters. The van der Waals surface area contributed by atoms with Crippen LogP contribution in [0.1, 0.15) is 5.69 Å². The third-order valence-corrected chi connectivity index (χ3v) is 4.13. The first-order valence-electron chi connectivity index (χ1n) is 7.30. The van der Waals surface area contributed by atoms with Crippen molar-refractivity contribution in [3.8, 4) is 11.4 Å². The Hall–Kier alpha value is -2.81. The van der Waals surface area contributed by atoms with Gasteiger partial charge in [0.25, 0.3) is 0 Å². The fourth-order valence-electron chi connectivity index (χ4n) is 3.02. The number of hydrogen-bond donors (Lipinski definition) is 0. The minimum absolute atomic E-state index is 0.883. The molecule has 1 heterocycles. The predicted octanol–water partition coefficient (Wildman–Crippen LogP) is 4.50. The van der Waals surface area contributed by atoms with Gasteiger partial charge in [0.2, 0.25) is 0 Å². The van der Waals surface area contributed by atoms with Crippen LogP contribution in [0.4, 0.5) is 0 Å². The van der Waals surface area contributed by atoms with Crippen LogP contribution in [-0.4, -0.2) is 16.9 Å². The van der Waals surface area contributed by atoms with Gasteiger partial charge >= 0.3 is 0 Å². The summed E-state index contributed by atoms with van der Waals surface area (Å²) in [4.78, 5) is 0. The number of aryl methyl sites for hydroxylation is 1. The third-order valence-electron chi connectivity index (χ3n) is 4.13. The molecule has 0 aliphatic carbocycles. The van der Waals surface area contributed by atoms with Gasteiger partial charge in [-0.15, -0.1) is 0 Å². The van der Waals surface area contributed by atoms with Crippen LogP contribution in [0, 0.1) is 6.92 Å². The Bertz CT molecular complexity index is 985. The molecule has 3 heteroatoms. The normalized spacial score (nSPS) is 11.2. The molecule has 0 aliphatic heterocycles. The van der Waals surface area contributed by atoms with Gasteiger partial charge in [-0.3, -0.25) is 0 Å². The molecule has 0 saturated carbocycles. The summed E-state index contributed by atoms with van der Waals surface area (Å²) >= 11 is 0. The maximum absolute atomic E-state index is 5.48. The van der Waals surface area contributed by atoms with Crippen molar-refractivity contribution >= 4 is 21.7 Å². The second kappa shape index (κ2) is 4.88. The van der Waals surface area contributed by atoms with E-state index in [-0.39, 0.29) is 0 Å². The van der Waals surface area contributed by atoms with Crippen LogP contribution >= 0.6 is 0 Å². The summed E-state index contributed by atoms with van der Waals surface area (Å²) < 4.78 is 7.50. The average molecular weight is 288 g/mol.